The van der Waals surface area contributed by atoms with E-state index in [2.05, 4.69) is 4.98 Å². The highest BCUT2D eigenvalue weighted by Gasteiger charge is 2.49. The van der Waals surface area contributed by atoms with E-state index in [0.717, 1.165) is 4.57 Å². The lowest BCUT2D eigenvalue weighted by atomic mass is 9.97. The van der Waals surface area contributed by atoms with Crippen molar-refractivity contribution in [1.29, 1.82) is 0 Å². The topological polar surface area (TPSA) is 107 Å². The van der Waals surface area contributed by atoms with Crippen LogP contribution in [0.1, 0.15) is 23.2 Å². The normalized spacial score (nSPS) is 23.8. The number of ketones is 1. The van der Waals surface area contributed by atoms with Crippen LogP contribution in [0.25, 0.3) is 0 Å². The number of carbonyl (C=O) groups is 1. The zero-order chi connectivity index (χ0) is 16.4. The maximum absolute atomic E-state index is 13.0. The van der Waals surface area contributed by atoms with Gasteiger partial charge in [-0.3, -0.25) is 9.36 Å². The van der Waals surface area contributed by atoms with Crippen molar-refractivity contribution in [3.8, 4) is 0 Å². The Hall–Kier alpha value is -2.51. The van der Waals surface area contributed by atoms with E-state index in [4.69, 9.17) is 10.5 Å². The molecule has 0 aliphatic carbocycles. The summed E-state index contributed by atoms with van der Waals surface area (Å²) in [6.45, 7) is -0.221. The van der Waals surface area contributed by atoms with Gasteiger partial charge in [0.15, 0.2) is 0 Å². The summed E-state index contributed by atoms with van der Waals surface area (Å²) >= 11 is 0. The van der Waals surface area contributed by atoms with E-state index in [-0.39, 0.29) is 24.6 Å². The number of carbonyl (C=O) groups excluding carboxylic acids is 1. The van der Waals surface area contributed by atoms with Gasteiger partial charge in [0.05, 0.1) is 12.7 Å². The molecule has 2 atom stereocenters. The molecule has 0 saturated carbocycles. The lowest BCUT2D eigenvalue weighted by molar-refractivity contribution is -0.0853. The number of aliphatic hydroxyl groups is 1. The number of hydrogen-bond donors (Lipinski definition) is 2. The maximum atomic E-state index is 13.0. The molecule has 0 radical (unpaired) electrons. The zero-order valence-electron chi connectivity index (χ0n) is 12.4. The van der Waals surface area contributed by atoms with Gasteiger partial charge in [0.2, 0.25) is 11.5 Å². The predicted octanol–water partition coefficient (Wildman–Crippen LogP) is 0.532. The third kappa shape index (κ3) is 2.64. The van der Waals surface area contributed by atoms with E-state index in [0.29, 0.717) is 12.0 Å². The number of Topliss-reactive ketones (excluding diaryl/α,β-unsaturated/α-hetero) is 1. The largest absolute Gasteiger partial charge is 0.394 e. The van der Waals surface area contributed by atoms with Crippen LogP contribution in [0.3, 0.4) is 0 Å². The molecule has 3 rings (SSSR count). The van der Waals surface area contributed by atoms with Crippen LogP contribution in [-0.2, 0) is 10.5 Å². The molecule has 2 aromatic rings. The van der Waals surface area contributed by atoms with Crippen LogP contribution in [0, 0.1) is 0 Å². The zero-order valence-corrected chi connectivity index (χ0v) is 12.4. The molecule has 23 heavy (non-hydrogen) atoms. The highest BCUT2D eigenvalue weighted by atomic mass is 16.5. The van der Waals surface area contributed by atoms with E-state index in [1.807, 2.05) is 0 Å². The van der Waals surface area contributed by atoms with Gasteiger partial charge in [-0.15, -0.1) is 0 Å². The number of nitrogens with two attached hydrogens (primary N) is 1. The molecule has 7 nitrogen and oxygen atoms in total. The molecule has 0 bridgehead atoms. The van der Waals surface area contributed by atoms with E-state index in [1.54, 1.807) is 30.3 Å². The van der Waals surface area contributed by atoms with Crippen molar-refractivity contribution in [2.24, 2.45) is 0 Å². The van der Waals surface area contributed by atoms with Gasteiger partial charge in [0.25, 0.3) is 0 Å². The molecule has 1 aliphatic rings. The lowest BCUT2D eigenvalue weighted by Crippen LogP contribution is -2.48. The number of nitrogens with zero attached hydrogens (tertiary/aromatic N) is 2. The summed E-state index contributed by atoms with van der Waals surface area (Å²) in [5.74, 6) is -0.270. The predicted molar refractivity (Wildman–Crippen MR) is 82.8 cm³/mol. The Kier molecular flexibility index (Phi) is 3.97. The Morgan fingerprint density at radius 2 is 2.13 bits per heavy atom. The van der Waals surface area contributed by atoms with Gasteiger partial charge in [-0.05, 0) is 12.5 Å². The Labute approximate surface area is 132 Å². The van der Waals surface area contributed by atoms with Crippen molar-refractivity contribution in [2.75, 3.05) is 12.3 Å². The van der Waals surface area contributed by atoms with Crippen molar-refractivity contribution >= 4 is 11.6 Å². The number of nitrogen functional groups attached to an aromatic ring is 1. The number of aliphatic hydroxyl groups excluding tert-OH is 1. The van der Waals surface area contributed by atoms with Crippen LogP contribution >= 0.6 is 0 Å². The van der Waals surface area contributed by atoms with E-state index in [1.165, 1.54) is 12.3 Å². The fourth-order valence-corrected chi connectivity index (χ4v) is 2.84. The quantitative estimate of drug-likeness (QED) is 0.797. The molecule has 0 unspecified atom stereocenters. The molecular weight excluding hydrogens is 298 g/mol. The molecule has 7 heteroatoms. The van der Waals surface area contributed by atoms with Crippen LogP contribution in [0.2, 0.25) is 0 Å². The summed E-state index contributed by atoms with van der Waals surface area (Å²) in [6, 6.07) is 10.0. The minimum absolute atomic E-state index is 0.0743. The van der Waals surface area contributed by atoms with Crippen molar-refractivity contribution < 1.29 is 14.6 Å². The molecule has 1 aliphatic heterocycles. The van der Waals surface area contributed by atoms with Crippen LogP contribution < -0.4 is 11.4 Å². The second-order valence-corrected chi connectivity index (χ2v) is 5.45. The van der Waals surface area contributed by atoms with Gasteiger partial charge < -0.3 is 15.6 Å². The van der Waals surface area contributed by atoms with Gasteiger partial charge >= 0.3 is 5.69 Å². The fraction of sp³-hybridized carbons (Fsp3) is 0.312. The molecule has 1 aromatic carbocycles. The first-order chi connectivity index (χ1) is 11.1. The Morgan fingerprint density at radius 3 is 2.74 bits per heavy atom. The lowest BCUT2D eigenvalue weighted by Gasteiger charge is -2.29. The molecule has 3 N–H and O–H groups in total. The van der Waals surface area contributed by atoms with Crippen molar-refractivity contribution in [3.63, 3.8) is 0 Å². The average molecular weight is 315 g/mol. The summed E-state index contributed by atoms with van der Waals surface area (Å²) in [5, 5.41) is 9.35. The summed E-state index contributed by atoms with van der Waals surface area (Å²) in [5.41, 5.74) is 3.78. The molecular formula is C16H17N3O4. The second-order valence-electron chi connectivity index (χ2n) is 5.45. The van der Waals surface area contributed by atoms with Gasteiger partial charge in [-0.2, -0.15) is 4.98 Å². The van der Waals surface area contributed by atoms with E-state index >= 15 is 0 Å². The van der Waals surface area contributed by atoms with Crippen LogP contribution in [-0.4, -0.2) is 33.2 Å². The van der Waals surface area contributed by atoms with Crippen LogP contribution in [0.15, 0.2) is 47.4 Å². The van der Waals surface area contributed by atoms with Gasteiger partial charge in [-0.1, -0.05) is 30.3 Å². The standard InChI is InChI=1S/C16H17N3O4/c17-13-7-9-19(15(22)18-13)16(8-6-12(10-20)23-16)14(21)11-4-2-1-3-5-11/h1-5,7,9,12,20H,6,8,10H2,(H2,17,18,22)/t12-,16-/m0/s1. The molecule has 0 amide bonds. The first-order valence-electron chi connectivity index (χ1n) is 7.31. The second kappa shape index (κ2) is 5.94. The Bertz CT molecular complexity index is 774. The number of hydrogen-bond acceptors (Lipinski definition) is 6. The molecule has 120 valence electrons. The third-order valence-corrected chi connectivity index (χ3v) is 3.98. The van der Waals surface area contributed by atoms with Gasteiger partial charge in [0, 0.05) is 18.2 Å². The van der Waals surface area contributed by atoms with Crippen LogP contribution in [0.4, 0.5) is 5.82 Å². The molecule has 0 spiro atoms. The number of anilines is 1. The minimum atomic E-state index is -1.51. The van der Waals surface area contributed by atoms with E-state index in [9.17, 15) is 14.7 Å². The Morgan fingerprint density at radius 1 is 1.39 bits per heavy atom. The molecule has 1 saturated heterocycles. The Balaban J connectivity index is 2.12. The average Bonchev–Trinajstić information content (AvgIpc) is 3.00. The fourth-order valence-electron chi connectivity index (χ4n) is 2.84. The summed E-state index contributed by atoms with van der Waals surface area (Å²) in [7, 11) is 0. The molecule has 2 heterocycles. The minimum Gasteiger partial charge on any atom is -0.394 e. The number of ether oxygens (including phenoxy) is 1. The van der Waals surface area contributed by atoms with Crippen molar-refractivity contribution in [3.05, 3.63) is 58.6 Å². The first-order valence-corrected chi connectivity index (χ1v) is 7.31. The highest BCUT2D eigenvalue weighted by molar-refractivity contribution is 6.01. The third-order valence-electron chi connectivity index (χ3n) is 3.98. The van der Waals surface area contributed by atoms with E-state index < -0.39 is 17.5 Å². The van der Waals surface area contributed by atoms with Gasteiger partial charge in [-0.25, -0.2) is 4.79 Å². The highest BCUT2D eigenvalue weighted by Crippen LogP contribution is 2.36. The monoisotopic (exact) mass is 315 g/mol. The first kappa shape index (κ1) is 15.4. The van der Waals surface area contributed by atoms with Crippen molar-refractivity contribution in [1.82, 2.24) is 9.55 Å². The number of aromatic nitrogens is 2. The summed E-state index contributed by atoms with van der Waals surface area (Å²) < 4.78 is 6.96. The van der Waals surface area contributed by atoms with Gasteiger partial charge in [0.1, 0.15) is 5.82 Å². The number of benzene rings is 1. The summed E-state index contributed by atoms with van der Waals surface area (Å²) in [6.07, 6.45) is 1.64. The maximum Gasteiger partial charge on any atom is 0.352 e. The smallest absolute Gasteiger partial charge is 0.352 e. The molecule has 1 aromatic heterocycles. The van der Waals surface area contributed by atoms with Crippen molar-refractivity contribution in [2.45, 2.75) is 24.7 Å². The summed E-state index contributed by atoms with van der Waals surface area (Å²) in [4.78, 5) is 29.0. The van der Waals surface area contributed by atoms with Crippen LogP contribution in [0.5, 0.6) is 0 Å². The number of rotatable bonds is 4. The molecule has 1 fully saturated rings. The SMILES string of the molecule is Nc1ccn([C@@]2(C(=O)c3ccccc3)CC[C@@H](CO)O2)c(=O)n1.